The van der Waals surface area contributed by atoms with Gasteiger partial charge in [-0.3, -0.25) is 0 Å². The number of pyridine rings is 1. The lowest BCUT2D eigenvalue weighted by atomic mass is 10.1. The molecule has 1 saturated heterocycles. The summed E-state index contributed by atoms with van der Waals surface area (Å²) in [6.45, 7) is 1.29. The van der Waals surface area contributed by atoms with E-state index in [2.05, 4.69) is 10.3 Å². The van der Waals surface area contributed by atoms with Crippen LogP contribution < -0.4 is 5.32 Å². The van der Waals surface area contributed by atoms with Gasteiger partial charge in [0.15, 0.2) is 0 Å². The van der Waals surface area contributed by atoms with Gasteiger partial charge in [0.2, 0.25) is 0 Å². The molecule has 0 aromatic carbocycles. The lowest BCUT2D eigenvalue weighted by Crippen LogP contribution is -2.28. The number of hydrogen-bond donors (Lipinski definition) is 1. The second kappa shape index (κ2) is 5.96. The van der Waals surface area contributed by atoms with Crippen LogP contribution in [0.3, 0.4) is 0 Å². The van der Waals surface area contributed by atoms with Crippen molar-refractivity contribution in [2.75, 3.05) is 18.5 Å². The van der Waals surface area contributed by atoms with E-state index in [-0.39, 0.29) is 11.9 Å². The molecule has 0 atom stereocenters. The molecule has 19 heavy (non-hydrogen) atoms. The van der Waals surface area contributed by atoms with E-state index in [0.717, 1.165) is 25.1 Å². The third kappa shape index (κ3) is 3.73. The number of hydrogen-bond acceptors (Lipinski definition) is 3. The fourth-order valence-corrected chi connectivity index (χ4v) is 2.14. The van der Waals surface area contributed by atoms with Gasteiger partial charge in [-0.15, -0.1) is 11.6 Å². The highest BCUT2D eigenvalue weighted by Crippen LogP contribution is 2.31. The van der Waals surface area contributed by atoms with Gasteiger partial charge < -0.3 is 10.1 Å². The first-order chi connectivity index (χ1) is 9.00. The number of alkyl halides is 4. The van der Waals surface area contributed by atoms with Gasteiger partial charge in [-0.2, -0.15) is 13.2 Å². The molecule has 2 rings (SSSR count). The van der Waals surface area contributed by atoms with Crippen LogP contribution in [0.4, 0.5) is 19.0 Å². The maximum Gasteiger partial charge on any atom is 0.417 e. The molecule has 1 N–H and O–H groups in total. The summed E-state index contributed by atoms with van der Waals surface area (Å²) in [5.41, 5.74) is -0.413. The molecule has 106 valence electrons. The first kappa shape index (κ1) is 14.4. The molecule has 7 heteroatoms. The van der Waals surface area contributed by atoms with Crippen molar-refractivity contribution in [3.8, 4) is 0 Å². The predicted molar refractivity (Wildman–Crippen MR) is 66.3 cm³/mol. The molecule has 1 aromatic heterocycles. The molecule has 0 bridgehead atoms. The third-order valence-electron chi connectivity index (χ3n) is 3.00. The third-order valence-corrected chi connectivity index (χ3v) is 3.29. The second-order valence-electron chi connectivity index (χ2n) is 4.39. The summed E-state index contributed by atoms with van der Waals surface area (Å²) >= 11 is 5.70. The Morgan fingerprint density at radius 1 is 1.37 bits per heavy atom. The smallest absolute Gasteiger partial charge is 0.381 e. The molecule has 2 heterocycles. The molecule has 0 aliphatic carbocycles. The largest absolute Gasteiger partial charge is 0.417 e. The number of rotatable bonds is 3. The molecule has 1 aliphatic heterocycles. The van der Waals surface area contributed by atoms with Gasteiger partial charge in [0.25, 0.3) is 0 Å². The number of halogens is 4. The van der Waals surface area contributed by atoms with Crippen LogP contribution in [0.1, 0.15) is 24.0 Å². The van der Waals surface area contributed by atoms with Crippen LogP contribution in [0.5, 0.6) is 0 Å². The SMILES string of the molecule is FC(F)(F)c1cnc(NC2CCOCC2)c(CCl)c1. The lowest BCUT2D eigenvalue weighted by molar-refractivity contribution is -0.137. The minimum atomic E-state index is -4.40. The Labute approximate surface area is 114 Å². The quantitative estimate of drug-likeness (QED) is 0.867. The molecular weight excluding hydrogens is 281 g/mol. The summed E-state index contributed by atoms with van der Waals surface area (Å²) in [6.07, 6.45) is -1.95. The Morgan fingerprint density at radius 3 is 2.63 bits per heavy atom. The van der Waals surface area contributed by atoms with E-state index in [4.69, 9.17) is 16.3 Å². The zero-order chi connectivity index (χ0) is 13.9. The summed E-state index contributed by atoms with van der Waals surface area (Å²) < 4.78 is 42.9. The van der Waals surface area contributed by atoms with Gasteiger partial charge in [-0.25, -0.2) is 4.98 Å². The molecule has 0 saturated carbocycles. The summed E-state index contributed by atoms with van der Waals surface area (Å²) in [5, 5.41) is 3.14. The van der Waals surface area contributed by atoms with Gasteiger partial charge in [-0.1, -0.05) is 0 Å². The van der Waals surface area contributed by atoms with Crippen molar-refractivity contribution in [1.29, 1.82) is 0 Å². The predicted octanol–water partition coefficient (Wildman–Crippen LogP) is 3.43. The number of ether oxygens (including phenoxy) is 1. The Hall–Kier alpha value is -1.01. The zero-order valence-electron chi connectivity index (χ0n) is 10.1. The lowest BCUT2D eigenvalue weighted by Gasteiger charge is -2.24. The molecule has 0 radical (unpaired) electrons. The molecular formula is C12H14ClF3N2O. The van der Waals surface area contributed by atoms with E-state index in [9.17, 15) is 13.2 Å². The standard InChI is InChI=1S/C12H14ClF3N2O/c13-6-8-5-9(12(14,15)16)7-17-11(8)18-10-1-3-19-4-2-10/h5,7,10H,1-4,6H2,(H,17,18). The molecule has 0 unspecified atom stereocenters. The molecule has 1 fully saturated rings. The van der Waals surface area contributed by atoms with Crippen LogP contribution >= 0.6 is 11.6 Å². The van der Waals surface area contributed by atoms with Crippen LogP contribution in [0.25, 0.3) is 0 Å². The molecule has 0 spiro atoms. The van der Waals surface area contributed by atoms with Gasteiger partial charge in [0.05, 0.1) is 11.4 Å². The topological polar surface area (TPSA) is 34.2 Å². The van der Waals surface area contributed by atoms with Crippen LogP contribution in [-0.4, -0.2) is 24.2 Å². The van der Waals surface area contributed by atoms with E-state index >= 15 is 0 Å². The van der Waals surface area contributed by atoms with Crippen LogP contribution in [0.15, 0.2) is 12.3 Å². The Balaban J connectivity index is 2.16. The molecule has 0 amide bonds. The Kier molecular flexibility index (Phi) is 4.52. The fraction of sp³-hybridized carbons (Fsp3) is 0.583. The van der Waals surface area contributed by atoms with Crippen molar-refractivity contribution in [1.82, 2.24) is 4.98 Å². The monoisotopic (exact) mass is 294 g/mol. The minimum absolute atomic E-state index is 0.0114. The zero-order valence-corrected chi connectivity index (χ0v) is 10.9. The normalized spacial score (nSPS) is 17.5. The minimum Gasteiger partial charge on any atom is -0.381 e. The Morgan fingerprint density at radius 2 is 2.05 bits per heavy atom. The van der Waals surface area contributed by atoms with E-state index < -0.39 is 11.7 Å². The first-order valence-electron chi connectivity index (χ1n) is 5.97. The molecule has 1 aliphatic rings. The maximum atomic E-state index is 12.6. The number of anilines is 1. The van der Waals surface area contributed by atoms with Crippen molar-refractivity contribution in [3.05, 3.63) is 23.4 Å². The van der Waals surface area contributed by atoms with Crippen molar-refractivity contribution in [2.24, 2.45) is 0 Å². The summed E-state index contributed by atoms with van der Waals surface area (Å²) in [5.74, 6) is 0.414. The first-order valence-corrected chi connectivity index (χ1v) is 6.50. The average molecular weight is 295 g/mol. The number of aromatic nitrogens is 1. The van der Waals surface area contributed by atoms with Crippen LogP contribution in [0.2, 0.25) is 0 Å². The van der Waals surface area contributed by atoms with Gasteiger partial charge in [0, 0.05) is 31.0 Å². The van der Waals surface area contributed by atoms with Crippen LogP contribution in [0, 0.1) is 0 Å². The van der Waals surface area contributed by atoms with Crippen molar-refractivity contribution in [3.63, 3.8) is 0 Å². The molecule has 1 aromatic rings. The molecule has 3 nitrogen and oxygen atoms in total. The van der Waals surface area contributed by atoms with E-state index in [1.807, 2.05) is 0 Å². The maximum absolute atomic E-state index is 12.6. The summed E-state index contributed by atoms with van der Waals surface area (Å²) in [6, 6.07) is 1.21. The van der Waals surface area contributed by atoms with Crippen molar-refractivity contribution < 1.29 is 17.9 Å². The van der Waals surface area contributed by atoms with Gasteiger partial charge in [-0.05, 0) is 18.9 Å². The van der Waals surface area contributed by atoms with Gasteiger partial charge >= 0.3 is 6.18 Å². The highest BCUT2D eigenvalue weighted by atomic mass is 35.5. The highest BCUT2D eigenvalue weighted by molar-refractivity contribution is 6.17. The number of nitrogens with one attached hydrogen (secondary N) is 1. The van der Waals surface area contributed by atoms with Crippen molar-refractivity contribution in [2.45, 2.75) is 30.9 Å². The van der Waals surface area contributed by atoms with E-state index in [0.29, 0.717) is 24.6 Å². The summed E-state index contributed by atoms with van der Waals surface area (Å²) in [7, 11) is 0. The highest BCUT2D eigenvalue weighted by Gasteiger charge is 2.31. The number of nitrogens with zero attached hydrogens (tertiary/aromatic N) is 1. The fourth-order valence-electron chi connectivity index (χ4n) is 1.93. The average Bonchev–Trinajstić information content (AvgIpc) is 2.39. The van der Waals surface area contributed by atoms with Crippen molar-refractivity contribution >= 4 is 17.4 Å². The van der Waals surface area contributed by atoms with Crippen LogP contribution in [-0.2, 0) is 16.8 Å². The van der Waals surface area contributed by atoms with E-state index in [1.165, 1.54) is 0 Å². The van der Waals surface area contributed by atoms with Gasteiger partial charge in [0.1, 0.15) is 5.82 Å². The second-order valence-corrected chi connectivity index (χ2v) is 4.66. The Bertz CT molecular complexity index is 433. The summed E-state index contributed by atoms with van der Waals surface area (Å²) in [4.78, 5) is 3.85. The van der Waals surface area contributed by atoms with E-state index in [1.54, 1.807) is 0 Å².